The van der Waals surface area contributed by atoms with Crippen LogP contribution in [0.15, 0.2) is 12.4 Å². The predicted octanol–water partition coefficient (Wildman–Crippen LogP) is 0.312. The molecule has 0 fully saturated rings. The summed E-state index contributed by atoms with van der Waals surface area (Å²) >= 11 is 5.80. The second-order valence-corrected chi connectivity index (χ2v) is 3.06. The number of nitrogens with zero attached hydrogens (tertiary/aromatic N) is 3. The van der Waals surface area contributed by atoms with Crippen LogP contribution in [0.4, 0.5) is 5.82 Å². The number of anilines is 1. The Morgan fingerprint density at radius 3 is 2.79 bits per heavy atom. The van der Waals surface area contributed by atoms with E-state index in [0.29, 0.717) is 11.0 Å². The SMILES string of the molecule is CNC(=O)CN(C)c1nccnc1Cl. The fourth-order valence-corrected chi connectivity index (χ4v) is 1.19. The van der Waals surface area contributed by atoms with Crippen molar-refractivity contribution in [3.05, 3.63) is 17.5 Å². The average Bonchev–Trinajstić information content (AvgIpc) is 2.18. The third-order valence-electron chi connectivity index (χ3n) is 1.66. The van der Waals surface area contributed by atoms with Gasteiger partial charge in [-0.25, -0.2) is 9.97 Å². The number of hydrogen-bond acceptors (Lipinski definition) is 4. The maximum Gasteiger partial charge on any atom is 0.239 e. The number of halogens is 1. The van der Waals surface area contributed by atoms with E-state index < -0.39 is 0 Å². The first-order chi connectivity index (χ1) is 6.65. The van der Waals surface area contributed by atoms with E-state index in [0.717, 1.165) is 0 Å². The smallest absolute Gasteiger partial charge is 0.239 e. The van der Waals surface area contributed by atoms with Crippen molar-refractivity contribution in [1.82, 2.24) is 15.3 Å². The highest BCUT2D eigenvalue weighted by atomic mass is 35.5. The number of aromatic nitrogens is 2. The lowest BCUT2D eigenvalue weighted by molar-refractivity contribution is -0.119. The molecule has 0 saturated carbocycles. The van der Waals surface area contributed by atoms with E-state index in [-0.39, 0.29) is 12.5 Å². The molecule has 5 nitrogen and oxygen atoms in total. The summed E-state index contributed by atoms with van der Waals surface area (Å²) in [5.41, 5.74) is 0. The maximum atomic E-state index is 11.1. The van der Waals surface area contributed by atoms with Crippen molar-refractivity contribution in [2.45, 2.75) is 0 Å². The number of nitrogens with one attached hydrogen (secondary N) is 1. The van der Waals surface area contributed by atoms with Gasteiger partial charge < -0.3 is 10.2 Å². The Morgan fingerprint density at radius 1 is 1.57 bits per heavy atom. The Morgan fingerprint density at radius 2 is 2.21 bits per heavy atom. The molecule has 0 bridgehead atoms. The zero-order chi connectivity index (χ0) is 10.6. The van der Waals surface area contributed by atoms with Crippen molar-refractivity contribution in [3.8, 4) is 0 Å². The van der Waals surface area contributed by atoms with Gasteiger partial charge in [0.2, 0.25) is 5.91 Å². The van der Waals surface area contributed by atoms with E-state index in [2.05, 4.69) is 15.3 Å². The minimum atomic E-state index is -0.103. The molecule has 1 amide bonds. The van der Waals surface area contributed by atoms with Gasteiger partial charge in [-0.05, 0) is 0 Å². The van der Waals surface area contributed by atoms with Gasteiger partial charge >= 0.3 is 0 Å². The third-order valence-corrected chi connectivity index (χ3v) is 1.92. The summed E-state index contributed by atoms with van der Waals surface area (Å²) in [5, 5.41) is 2.80. The molecular formula is C8H11ClN4O. The number of carbonyl (C=O) groups is 1. The third kappa shape index (κ3) is 2.56. The Bertz CT molecular complexity index is 331. The molecule has 1 aromatic rings. The molecule has 0 aliphatic carbocycles. The van der Waals surface area contributed by atoms with Gasteiger partial charge in [0.1, 0.15) is 0 Å². The molecule has 1 aromatic heterocycles. The molecule has 0 spiro atoms. The monoisotopic (exact) mass is 214 g/mol. The van der Waals surface area contributed by atoms with Crippen molar-refractivity contribution in [1.29, 1.82) is 0 Å². The number of hydrogen-bond donors (Lipinski definition) is 1. The van der Waals surface area contributed by atoms with E-state index >= 15 is 0 Å². The van der Waals surface area contributed by atoms with Crippen molar-refractivity contribution in [2.75, 3.05) is 25.5 Å². The van der Waals surface area contributed by atoms with Crippen LogP contribution in [0, 0.1) is 0 Å². The van der Waals surface area contributed by atoms with Gasteiger partial charge in [-0.1, -0.05) is 11.6 Å². The lowest BCUT2D eigenvalue weighted by atomic mass is 10.5. The summed E-state index contributed by atoms with van der Waals surface area (Å²) in [7, 11) is 3.31. The Balaban J connectivity index is 2.74. The van der Waals surface area contributed by atoms with Crippen LogP contribution >= 0.6 is 11.6 Å². The van der Waals surface area contributed by atoms with Crippen LogP contribution in [-0.4, -0.2) is 36.5 Å². The minimum Gasteiger partial charge on any atom is -0.358 e. The molecule has 0 aliphatic heterocycles. The molecule has 0 radical (unpaired) electrons. The van der Waals surface area contributed by atoms with Crippen LogP contribution in [0.25, 0.3) is 0 Å². The first kappa shape index (κ1) is 10.7. The van der Waals surface area contributed by atoms with E-state index in [4.69, 9.17) is 11.6 Å². The number of carbonyl (C=O) groups excluding carboxylic acids is 1. The first-order valence-corrected chi connectivity index (χ1v) is 4.41. The molecule has 0 aromatic carbocycles. The summed E-state index contributed by atoms with van der Waals surface area (Å²) in [6, 6.07) is 0. The molecule has 76 valence electrons. The van der Waals surface area contributed by atoms with Crippen LogP contribution in [0.5, 0.6) is 0 Å². The van der Waals surface area contributed by atoms with Crippen molar-refractivity contribution in [3.63, 3.8) is 0 Å². The van der Waals surface area contributed by atoms with Gasteiger partial charge in [0.15, 0.2) is 11.0 Å². The Kier molecular flexibility index (Phi) is 3.64. The summed E-state index contributed by atoms with van der Waals surface area (Å²) in [6.07, 6.45) is 3.03. The summed E-state index contributed by atoms with van der Waals surface area (Å²) in [4.78, 5) is 20.6. The number of amides is 1. The van der Waals surface area contributed by atoms with Gasteiger partial charge in [0.05, 0.1) is 6.54 Å². The maximum absolute atomic E-state index is 11.1. The predicted molar refractivity (Wildman–Crippen MR) is 54.4 cm³/mol. The minimum absolute atomic E-state index is 0.103. The molecular weight excluding hydrogens is 204 g/mol. The van der Waals surface area contributed by atoms with Gasteiger partial charge in [0.25, 0.3) is 0 Å². The van der Waals surface area contributed by atoms with E-state index in [1.54, 1.807) is 19.0 Å². The second-order valence-electron chi connectivity index (χ2n) is 2.70. The number of likely N-dealkylation sites (N-methyl/N-ethyl adjacent to an activating group) is 2. The fourth-order valence-electron chi connectivity index (χ4n) is 0.939. The van der Waals surface area contributed by atoms with Crippen molar-refractivity contribution in [2.24, 2.45) is 0 Å². The van der Waals surface area contributed by atoms with Crippen LogP contribution in [0.1, 0.15) is 0 Å². The average molecular weight is 215 g/mol. The van der Waals surface area contributed by atoms with E-state index in [1.807, 2.05) is 0 Å². The molecule has 14 heavy (non-hydrogen) atoms. The molecule has 1 N–H and O–H groups in total. The van der Waals surface area contributed by atoms with Crippen LogP contribution in [-0.2, 0) is 4.79 Å². The first-order valence-electron chi connectivity index (χ1n) is 4.03. The molecule has 0 aliphatic rings. The van der Waals surface area contributed by atoms with Crippen LogP contribution < -0.4 is 10.2 Å². The quantitative estimate of drug-likeness (QED) is 0.787. The Hall–Kier alpha value is -1.36. The van der Waals surface area contributed by atoms with E-state index in [1.165, 1.54) is 12.4 Å². The largest absolute Gasteiger partial charge is 0.358 e. The molecule has 0 saturated heterocycles. The van der Waals surface area contributed by atoms with Gasteiger partial charge in [0, 0.05) is 26.5 Å². The molecule has 0 unspecified atom stereocenters. The highest BCUT2D eigenvalue weighted by Crippen LogP contribution is 2.17. The van der Waals surface area contributed by atoms with Crippen molar-refractivity contribution < 1.29 is 4.79 Å². The lowest BCUT2D eigenvalue weighted by Gasteiger charge is -2.16. The van der Waals surface area contributed by atoms with Gasteiger partial charge in [-0.2, -0.15) is 0 Å². The van der Waals surface area contributed by atoms with Crippen LogP contribution in [0.3, 0.4) is 0 Å². The van der Waals surface area contributed by atoms with E-state index in [9.17, 15) is 4.79 Å². The second kappa shape index (κ2) is 4.76. The summed E-state index contributed by atoms with van der Waals surface area (Å²) in [6.45, 7) is 0.203. The standard InChI is InChI=1S/C8H11ClN4O/c1-10-6(14)5-13(2)8-7(9)11-3-4-12-8/h3-4H,5H2,1-2H3,(H,10,14). The summed E-state index contributed by atoms with van der Waals surface area (Å²) in [5.74, 6) is 0.395. The number of rotatable bonds is 3. The zero-order valence-corrected chi connectivity index (χ0v) is 8.75. The Labute approximate surface area is 87.1 Å². The molecule has 0 atom stereocenters. The highest BCUT2D eigenvalue weighted by molar-refractivity contribution is 6.31. The summed E-state index contributed by atoms with van der Waals surface area (Å²) < 4.78 is 0. The van der Waals surface area contributed by atoms with Crippen molar-refractivity contribution >= 4 is 23.3 Å². The van der Waals surface area contributed by atoms with Crippen LogP contribution in [0.2, 0.25) is 5.15 Å². The lowest BCUT2D eigenvalue weighted by Crippen LogP contribution is -2.33. The topological polar surface area (TPSA) is 58.1 Å². The zero-order valence-electron chi connectivity index (χ0n) is 7.99. The molecule has 1 rings (SSSR count). The van der Waals surface area contributed by atoms with Gasteiger partial charge in [-0.15, -0.1) is 0 Å². The normalized spacial score (nSPS) is 9.64. The molecule has 6 heteroatoms. The fraction of sp³-hybridized carbons (Fsp3) is 0.375. The highest BCUT2D eigenvalue weighted by Gasteiger charge is 2.10. The van der Waals surface area contributed by atoms with Gasteiger partial charge in [-0.3, -0.25) is 4.79 Å². The molecule has 1 heterocycles.